The number of ether oxygens (including phenoxy) is 3. The zero-order valence-electron chi connectivity index (χ0n) is 17.9. The second-order valence-corrected chi connectivity index (χ2v) is 6.36. The Morgan fingerprint density at radius 1 is 0.485 bits per heavy atom. The minimum Gasteiger partial charge on any atom is -0.476 e. The first-order chi connectivity index (χ1) is 16.1. The predicted octanol–water partition coefficient (Wildman–Crippen LogP) is 2.33. The minimum atomic E-state index is -0.0616. The number of rotatable bonds is 6. The molecule has 0 amide bonds. The van der Waals surface area contributed by atoms with Gasteiger partial charge in [0.25, 0.3) is 17.6 Å². The maximum absolute atomic E-state index is 9.56. The molecule has 0 aliphatic heterocycles. The van der Waals surface area contributed by atoms with E-state index in [1.807, 2.05) is 18.2 Å². The van der Waals surface area contributed by atoms with Gasteiger partial charge in [0.1, 0.15) is 51.3 Å². The molecule has 0 fully saturated rings. The van der Waals surface area contributed by atoms with Gasteiger partial charge in [0.15, 0.2) is 0 Å². The van der Waals surface area contributed by atoms with E-state index in [2.05, 4.69) is 29.9 Å². The van der Waals surface area contributed by atoms with E-state index in [9.17, 15) is 15.8 Å². The molecule has 4 aromatic rings. The third-order valence-electron chi connectivity index (χ3n) is 4.43. The molecule has 0 radical (unpaired) electrons. The van der Waals surface area contributed by atoms with Gasteiger partial charge in [-0.2, -0.15) is 15.8 Å². The fourth-order valence-electron chi connectivity index (χ4n) is 3.18. The number of nitrogens with zero attached hydrogens (tertiary/aromatic N) is 9. The molecule has 12 heteroatoms. The van der Waals surface area contributed by atoms with Crippen LogP contribution in [-0.2, 0) is 0 Å². The number of hydrogen-bond donors (Lipinski definition) is 0. The van der Waals surface area contributed by atoms with Crippen molar-refractivity contribution in [3.8, 4) is 35.8 Å². The highest BCUT2D eigenvalue weighted by atomic mass is 16.5. The van der Waals surface area contributed by atoms with Crippen molar-refractivity contribution >= 4 is 33.1 Å². The lowest BCUT2D eigenvalue weighted by molar-refractivity contribution is 0.325. The van der Waals surface area contributed by atoms with Gasteiger partial charge in [0, 0.05) is 0 Å². The number of fused-ring (bicyclic) bond motifs is 6. The molecule has 33 heavy (non-hydrogen) atoms. The third kappa shape index (κ3) is 3.48. The van der Waals surface area contributed by atoms with Crippen molar-refractivity contribution in [2.75, 3.05) is 19.8 Å². The van der Waals surface area contributed by atoms with Crippen molar-refractivity contribution in [1.29, 1.82) is 15.8 Å². The molecule has 3 heterocycles. The summed E-state index contributed by atoms with van der Waals surface area (Å²) in [6.45, 7) is 6.00. The summed E-state index contributed by atoms with van der Waals surface area (Å²) in [4.78, 5) is 26.5. The molecule has 0 spiro atoms. The summed E-state index contributed by atoms with van der Waals surface area (Å²) < 4.78 is 16.4. The highest BCUT2D eigenvalue weighted by molar-refractivity contribution is 6.18. The van der Waals surface area contributed by atoms with E-state index in [0.717, 1.165) is 0 Å². The van der Waals surface area contributed by atoms with Gasteiger partial charge < -0.3 is 14.2 Å². The van der Waals surface area contributed by atoms with Gasteiger partial charge in [0.05, 0.1) is 19.8 Å². The van der Waals surface area contributed by atoms with E-state index in [1.54, 1.807) is 20.8 Å². The van der Waals surface area contributed by atoms with Crippen LogP contribution in [0.2, 0.25) is 0 Å². The van der Waals surface area contributed by atoms with E-state index >= 15 is 0 Å². The van der Waals surface area contributed by atoms with Gasteiger partial charge in [-0.15, -0.1) is 0 Å². The van der Waals surface area contributed by atoms with Gasteiger partial charge in [-0.1, -0.05) is 0 Å². The number of benzene rings is 1. The van der Waals surface area contributed by atoms with Crippen molar-refractivity contribution in [2.45, 2.75) is 20.8 Å². The molecule has 0 atom stereocenters. The summed E-state index contributed by atoms with van der Waals surface area (Å²) in [7, 11) is 0. The number of aromatic nitrogens is 6. The van der Waals surface area contributed by atoms with Crippen LogP contribution in [-0.4, -0.2) is 49.7 Å². The van der Waals surface area contributed by atoms with Crippen molar-refractivity contribution in [3.63, 3.8) is 0 Å². The molecule has 0 bridgehead atoms. The summed E-state index contributed by atoms with van der Waals surface area (Å²) in [5.74, 6) is 0.0249. The van der Waals surface area contributed by atoms with Crippen molar-refractivity contribution in [2.24, 2.45) is 0 Å². The van der Waals surface area contributed by atoms with E-state index < -0.39 is 0 Å². The van der Waals surface area contributed by atoms with E-state index in [-0.39, 0.29) is 87.6 Å². The molecule has 3 aromatic heterocycles. The zero-order chi connectivity index (χ0) is 23.5. The first kappa shape index (κ1) is 21.3. The van der Waals surface area contributed by atoms with Crippen LogP contribution in [0.4, 0.5) is 0 Å². The van der Waals surface area contributed by atoms with Gasteiger partial charge >= 0.3 is 0 Å². The second-order valence-electron chi connectivity index (χ2n) is 6.36. The monoisotopic (exact) mass is 441 g/mol. The fraction of sp³-hybridized carbons (Fsp3) is 0.286. The molecule has 12 nitrogen and oxygen atoms in total. The maximum Gasteiger partial charge on any atom is 0.251 e. The Kier molecular flexibility index (Phi) is 5.62. The van der Waals surface area contributed by atoms with Gasteiger partial charge in [-0.25, -0.2) is 29.9 Å². The van der Waals surface area contributed by atoms with E-state index in [0.29, 0.717) is 0 Å². The lowest BCUT2D eigenvalue weighted by Crippen LogP contribution is -2.07. The summed E-state index contributed by atoms with van der Waals surface area (Å²) in [5.41, 5.74) is 0.958. The van der Waals surface area contributed by atoms with Crippen LogP contribution < -0.4 is 14.2 Å². The van der Waals surface area contributed by atoms with Gasteiger partial charge in [-0.05, 0) is 20.8 Å². The lowest BCUT2D eigenvalue weighted by atomic mass is 10.1. The first-order valence-corrected chi connectivity index (χ1v) is 9.95. The normalized spacial score (nSPS) is 10.5. The highest BCUT2D eigenvalue weighted by Crippen LogP contribution is 2.34. The Morgan fingerprint density at radius 2 is 0.727 bits per heavy atom. The van der Waals surface area contributed by atoms with Crippen LogP contribution >= 0.6 is 0 Å². The highest BCUT2D eigenvalue weighted by Gasteiger charge is 2.24. The summed E-state index contributed by atoms with van der Waals surface area (Å²) >= 11 is 0. The van der Waals surface area contributed by atoms with Gasteiger partial charge in [0.2, 0.25) is 17.1 Å². The summed E-state index contributed by atoms with van der Waals surface area (Å²) in [6, 6.07) is 5.87. The van der Waals surface area contributed by atoms with Crippen molar-refractivity contribution < 1.29 is 14.2 Å². The smallest absolute Gasteiger partial charge is 0.251 e. The third-order valence-corrected chi connectivity index (χ3v) is 4.43. The van der Waals surface area contributed by atoms with Crippen molar-refractivity contribution in [1.82, 2.24) is 29.9 Å². The van der Waals surface area contributed by atoms with E-state index in [1.165, 1.54) is 0 Å². The van der Waals surface area contributed by atoms with Crippen LogP contribution in [0, 0.1) is 34.0 Å². The average Bonchev–Trinajstić information content (AvgIpc) is 2.83. The molecular weight excluding hydrogens is 426 g/mol. The molecule has 162 valence electrons. The summed E-state index contributed by atoms with van der Waals surface area (Å²) in [6.07, 6.45) is 0. The number of hydrogen-bond acceptors (Lipinski definition) is 12. The number of nitriles is 3. The van der Waals surface area contributed by atoms with Crippen LogP contribution in [0.1, 0.15) is 37.9 Å². The average molecular weight is 441 g/mol. The Balaban J connectivity index is 2.28. The van der Waals surface area contributed by atoms with Crippen LogP contribution in [0.15, 0.2) is 0 Å². The largest absolute Gasteiger partial charge is 0.476 e. The molecule has 0 aliphatic carbocycles. The SMILES string of the molecule is CCOc1nc2c(nc1C#N)c1nc(OCC)c(C#N)nc1c1nc(OCC)c(C#N)nc21. The van der Waals surface area contributed by atoms with Crippen LogP contribution in [0.3, 0.4) is 0 Å². The van der Waals surface area contributed by atoms with Crippen LogP contribution in [0.5, 0.6) is 17.6 Å². The molecule has 0 N–H and O–H groups in total. The van der Waals surface area contributed by atoms with E-state index in [4.69, 9.17) is 14.2 Å². The standard InChI is InChI=1S/C21H15N9O3/c1-4-31-19-10(7-22)25-13-16(28-19)14-18(30-20(32-5-2)11(8-23)26-14)15-17(13)29-21(33-6-3)12(9-24)27-15/h4-6H2,1-3H3. The summed E-state index contributed by atoms with van der Waals surface area (Å²) in [5, 5.41) is 28.7. The topological polar surface area (TPSA) is 176 Å². The first-order valence-electron chi connectivity index (χ1n) is 9.95. The molecule has 4 rings (SSSR count). The van der Waals surface area contributed by atoms with Crippen molar-refractivity contribution in [3.05, 3.63) is 17.1 Å². The Bertz CT molecular complexity index is 1330. The molecule has 0 saturated heterocycles. The molecule has 0 saturated carbocycles. The molecule has 0 aliphatic rings. The molecule has 1 aromatic carbocycles. The Morgan fingerprint density at radius 3 is 0.939 bits per heavy atom. The minimum absolute atomic E-state index is 0.00831. The maximum atomic E-state index is 9.56. The second kappa shape index (κ2) is 8.69. The molecular formula is C21H15N9O3. The van der Waals surface area contributed by atoms with Crippen LogP contribution in [0.25, 0.3) is 33.1 Å². The zero-order valence-corrected chi connectivity index (χ0v) is 17.9. The Labute approximate surface area is 187 Å². The lowest BCUT2D eigenvalue weighted by Gasteiger charge is -2.12. The quantitative estimate of drug-likeness (QED) is 0.399. The fourth-order valence-corrected chi connectivity index (χ4v) is 3.18. The van der Waals surface area contributed by atoms with Gasteiger partial charge in [-0.3, -0.25) is 0 Å². The molecule has 0 unspecified atom stereocenters. The predicted molar refractivity (Wildman–Crippen MR) is 113 cm³/mol. The Hall–Kier alpha value is -4.89.